The Morgan fingerprint density at radius 3 is 2.93 bits per heavy atom. The molecule has 14 heavy (non-hydrogen) atoms. The first kappa shape index (κ1) is 9.48. The first-order chi connectivity index (χ1) is 6.59. The second-order valence-electron chi connectivity index (χ2n) is 2.64. The topological polar surface area (TPSA) is 54.6 Å². The van der Waals surface area contributed by atoms with Crippen molar-refractivity contribution >= 4 is 39.0 Å². The molecule has 0 aliphatic rings. The van der Waals surface area contributed by atoms with Crippen LogP contribution in [0.1, 0.15) is 10.5 Å². The van der Waals surface area contributed by atoms with Crippen LogP contribution in [0.15, 0.2) is 22.8 Å². The van der Waals surface area contributed by atoms with Gasteiger partial charge in [-0.15, -0.1) is 0 Å². The molecule has 2 aromatic rings. The van der Waals surface area contributed by atoms with E-state index in [1.165, 1.54) is 4.52 Å². The highest BCUT2D eigenvalue weighted by Crippen LogP contribution is 2.23. The van der Waals surface area contributed by atoms with Gasteiger partial charge in [-0.25, -0.2) is 9.31 Å². The van der Waals surface area contributed by atoms with Crippen LogP contribution in [0.2, 0.25) is 5.02 Å². The van der Waals surface area contributed by atoms with E-state index in [1.54, 1.807) is 18.3 Å². The number of carbonyl (C=O) groups is 1. The Bertz CT molecular complexity index is 523. The highest BCUT2D eigenvalue weighted by Gasteiger charge is 2.15. The quantitative estimate of drug-likeness (QED) is 0.870. The van der Waals surface area contributed by atoms with E-state index >= 15 is 0 Å². The first-order valence-electron chi connectivity index (χ1n) is 3.66. The fourth-order valence-corrected chi connectivity index (χ4v) is 1.85. The van der Waals surface area contributed by atoms with E-state index in [0.717, 1.165) is 0 Å². The van der Waals surface area contributed by atoms with E-state index in [-0.39, 0.29) is 5.69 Å². The molecule has 0 unspecified atom stereocenters. The van der Waals surface area contributed by atoms with Gasteiger partial charge in [0.15, 0.2) is 5.69 Å². The maximum atomic E-state index is 10.7. The van der Waals surface area contributed by atoms with E-state index in [4.69, 9.17) is 16.7 Å². The van der Waals surface area contributed by atoms with Crippen molar-refractivity contribution in [1.82, 2.24) is 9.61 Å². The van der Waals surface area contributed by atoms with Crippen LogP contribution in [0.4, 0.5) is 0 Å². The van der Waals surface area contributed by atoms with Crippen molar-refractivity contribution in [2.45, 2.75) is 0 Å². The summed E-state index contributed by atoms with van der Waals surface area (Å²) in [6.07, 6.45) is 1.55. The number of halogens is 2. The van der Waals surface area contributed by atoms with Crippen molar-refractivity contribution in [1.29, 1.82) is 0 Å². The lowest BCUT2D eigenvalue weighted by Crippen LogP contribution is -1.98. The van der Waals surface area contributed by atoms with Gasteiger partial charge in [-0.05, 0) is 28.1 Å². The zero-order valence-electron chi connectivity index (χ0n) is 6.74. The van der Waals surface area contributed by atoms with Crippen molar-refractivity contribution in [3.8, 4) is 0 Å². The number of fused-ring (bicyclic) bond motifs is 1. The Morgan fingerprint density at radius 2 is 2.29 bits per heavy atom. The SMILES string of the molecule is O=C(O)c1nn2cc(Cl)ccc2c1Br. The monoisotopic (exact) mass is 274 g/mol. The van der Waals surface area contributed by atoms with Gasteiger partial charge in [0.25, 0.3) is 0 Å². The Labute approximate surface area is 92.2 Å². The lowest BCUT2D eigenvalue weighted by Gasteiger charge is -1.92. The summed E-state index contributed by atoms with van der Waals surface area (Å²) in [4.78, 5) is 10.7. The molecule has 0 aromatic carbocycles. The lowest BCUT2D eigenvalue weighted by molar-refractivity contribution is 0.0689. The van der Waals surface area contributed by atoms with Gasteiger partial charge < -0.3 is 5.11 Å². The van der Waals surface area contributed by atoms with Crippen molar-refractivity contribution in [3.05, 3.63) is 33.5 Å². The molecule has 2 aromatic heterocycles. The van der Waals surface area contributed by atoms with Gasteiger partial charge in [0.05, 0.1) is 15.0 Å². The third-order valence-corrected chi connectivity index (χ3v) is 2.74. The molecular weight excluding hydrogens is 271 g/mol. The summed E-state index contributed by atoms with van der Waals surface area (Å²) < 4.78 is 1.89. The predicted molar refractivity (Wildman–Crippen MR) is 54.9 cm³/mol. The zero-order chi connectivity index (χ0) is 10.3. The van der Waals surface area contributed by atoms with Gasteiger partial charge >= 0.3 is 5.97 Å². The standard InChI is InChI=1S/C8H4BrClN2O2/c9-6-5-2-1-4(10)3-12(5)11-7(6)8(13)14/h1-3H,(H,13,14). The minimum Gasteiger partial charge on any atom is -0.476 e. The Kier molecular flexibility index (Phi) is 2.20. The van der Waals surface area contributed by atoms with Crippen LogP contribution >= 0.6 is 27.5 Å². The van der Waals surface area contributed by atoms with E-state index in [9.17, 15) is 4.79 Å². The highest BCUT2D eigenvalue weighted by molar-refractivity contribution is 9.10. The number of carboxylic acids is 1. The van der Waals surface area contributed by atoms with Crippen molar-refractivity contribution in [2.24, 2.45) is 0 Å². The molecule has 0 amide bonds. The summed E-state index contributed by atoms with van der Waals surface area (Å²) in [6.45, 7) is 0. The number of aromatic carboxylic acids is 1. The summed E-state index contributed by atoms with van der Waals surface area (Å²) in [5.41, 5.74) is 0.652. The maximum Gasteiger partial charge on any atom is 0.357 e. The number of rotatable bonds is 1. The molecule has 0 radical (unpaired) electrons. The zero-order valence-corrected chi connectivity index (χ0v) is 9.08. The first-order valence-corrected chi connectivity index (χ1v) is 4.83. The molecule has 2 rings (SSSR count). The molecule has 0 spiro atoms. The smallest absolute Gasteiger partial charge is 0.357 e. The number of aromatic nitrogens is 2. The molecule has 6 heteroatoms. The number of hydrogen-bond acceptors (Lipinski definition) is 2. The highest BCUT2D eigenvalue weighted by atomic mass is 79.9. The molecule has 0 atom stereocenters. The van der Waals surface area contributed by atoms with Gasteiger partial charge in [0.2, 0.25) is 0 Å². The Hall–Kier alpha value is -1.07. The van der Waals surface area contributed by atoms with Crippen LogP contribution < -0.4 is 0 Å². The summed E-state index contributed by atoms with van der Waals surface area (Å²) >= 11 is 8.91. The molecule has 0 saturated carbocycles. The van der Waals surface area contributed by atoms with Gasteiger partial charge in [-0.2, -0.15) is 5.10 Å². The predicted octanol–water partition coefficient (Wildman–Crippen LogP) is 2.45. The van der Waals surface area contributed by atoms with Crippen LogP contribution in [0, 0.1) is 0 Å². The summed E-state index contributed by atoms with van der Waals surface area (Å²) in [5, 5.41) is 13.2. The summed E-state index contributed by atoms with van der Waals surface area (Å²) in [7, 11) is 0. The molecular formula is C8H4BrClN2O2. The van der Waals surface area contributed by atoms with Crippen LogP contribution in [-0.4, -0.2) is 20.7 Å². The van der Waals surface area contributed by atoms with E-state index in [2.05, 4.69) is 21.0 Å². The van der Waals surface area contributed by atoms with Gasteiger partial charge in [0.1, 0.15) is 0 Å². The molecule has 0 aliphatic carbocycles. The number of carboxylic acid groups (broad SMARTS) is 1. The number of pyridine rings is 1. The molecule has 0 aliphatic heterocycles. The van der Waals surface area contributed by atoms with Crippen LogP contribution in [0.5, 0.6) is 0 Å². The van der Waals surface area contributed by atoms with Gasteiger partial charge in [-0.3, -0.25) is 0 Å². The summed E-state index contributed by atoms with van der Waals surface area (Å²) in [6, 6.07) is 3.38. The van der Waals surface area contributed by atoms with Gasteiger partial charge in [0, 0.05) is 6.20 Å². The largest absolute Gasteiger partial charge is 0.476 e. The van der Waals surface area contributed by atoms with Gasteiger partial charge in [-0.1, -0.05) is 11.6 Å². The van der Waals surface area contributed by atoms with Crippen molar-refractivity contribution in [3.63, 3.8) is 0 Å². The Balaban J connectivity index is 2.79. The van der Waals surface area contributed by atoms with E-state index in [1.807, 2.05) is 0 Å². The minimum absolute atomic E-state index is 0.0210. The molecule has 0 fully saturated rings. The van der Waals surface area contributed by atoms with E-state index in [0.29, 0.717) is 15.0 Å². The maximum absolute atomic E-state index is 10.7. The fraction of sp³-hybridized carbons (Fsp3) is 0. The molecule has 0 bridgehead atoms. The number of nitrogens with zero attached hydrogens (tertiary/aromatic N) is 2. The molecule has 4 nitrogen and oxygen atoms in total. The molecule has 2 heterocycles. The van der Waals surface area contributed by atoms with Crippen molar-refractivity contribution in [2.75, 3.05) is 0 Å². The number of hydrogen-bond donors (Lipinski definition) is 1. The fourth-order valence-electron chi connectivity index (χ4n) is 1.13. The second kappa shape index (κ2) is 3.25. The summed E-state index contributed by atoms with van der Waals surface area (Å²) in [5.74, 6) is -1.07. The minimum atomic E-state index is -1.07. The average Bonchev–Trinajstić information content (AvgIpc) is 2.43. The van der Waals surface area contributed by atoms with E-state index < -0.39 is 5.97 Å². The average molecular weight is 275 g/mol. The van der Waals surface area contributed by atoms with Crippen LogP contribution in [0.25, 0.3) is 5.52 Å². The van der Waals surface area contributed by atoms with Crippen LogP contribution in [-0.2, 0) is 0 Å². The molecule has 0 saturated heterocycles. The third kappa shape index (κ3) is 1.38. The molecule has 72 valence electrons. The Morgan fingerprint density at radius 1 is 1.57 bits per heavy atom. The molecule has 1 N–H and O–H groups in total. The second-order valence-corrected chi connectivity index (χ2v) is 3.87. The van der Waals surface area contributed by atoms with Crippen LogP contribution in [0.3, 0.4) is 0 Å². The lowest BCUT2D eigenvalue weighted by atomic mass is 10.3. The normalized spacial score (nSPS) is 10.7. The van der Waals surface area contributed by atoms with Crippen molar-refractivity contribution < 1.29 is 9.90 Å². The third-order valence-electron chi connectivity index (χ3n) is 1.74.